The Morgan fingerprint density at radius 3 is 2.17 bits per heavy atom. The zero-order chi connectivity index (χ0) is 20.7. The van der Waals surface area contributed by atoms with Gasteiger partial charge in [-0.2, -0.15) is 0 Å². The fourth-order valence-corrected chi connectivity index (χ4v) is 3.49. The van der Waals surface area contributed by atoms with Gasteiger partial charge in [0, 0.05) is 22.7 Å². The summed E-state index contributed by atoms with van der Waals surface area (Å²) >= 11 is 0. The lowest BCUT2D eigenvalue weighted by Gasteiger charge is -2.22. The van der Waals surface area contributed by atoms with Crippen LogP contribution in [0.3, 0.4) is 0 Å². The van der Waals surface area contributed by atoms with E-state index in [9.17, 15) is 19.2 Å². The highest BCUT2D eigenvalue weighted by atomic mass is 16.5. The highest BCUT2D eigenvalue weighted by Gasteiger charge is 2.41. The van der Waals surface area contributed by atoms with Gasteiger partial charge >= 0.3 is 5.97 Å². The van der Waals surface area contributed by atoms with Gasteiger partial charge in [-0.05, 0) is 32.0 Å². The average Bonchev–Trinajstić information content (AvgIpc) is 3.26. The maximum Gasteiger partial charge on any atom is 0.329 e. The third-order valence-corrected chi connectivity index (χ3v) is 5.07. The van der Waals surface area contributed by atoms with Gasteiger partial charge in [0.2, 0.25) is 5.78 Å². The second-order valence-corrected chi connectivity index (χ2v) is 6.89. The molecule has 1 aliphatic heterocycles. The molecule has 1 aliphatic rings. The van der Waals surface area contributed by atoms with E-state index < -0.39 is 29.9 Å². The quantitative estimate of drug-likeness (QED) is 0.410. The second-order valence-electron chi connectivity index (χ2n) is 6.89. The first-order valence-electron chi connectivity index (χ1n) is 9.18. The van der Waals surface area contributed by atoms with Crippen molar-refractivity contribution in [2.45, 2.75) is 26.0 Å². The molecule has 2 atom stereocenters. The fourth-order valence-electron chi connectivity index (χ4n) is 3.49. The SMILES string of the molecule is C[C@H](C(=O)O[C@H](C)C(=O)c1c[nH]c2ccccc12)N1C(=O)c2ccccc2C1=O. The van der Waals surface area contributed by atoms with Crippen molar-refractivity contribution in [2.75, 3.05) is 0 Å². The number of fused-ring (bicyclic) bond motifs is 2. The molecule has 0 radical (unpaired) electrons. The monoisotopic (exact) mass is 390 g/mol. The lowest BCUT2D eigenvalue weighted by Crippen LogP contribution is -2.45. The molecule has 0 fully saturated rings. The summed E-state index contributed by atoms with van der Waals surface area (Å²) in [4.78, 5) is 54.3. The Labute approximate surface area is 166 Å². The van der Waals surface area contributed by atoms with E-state index in [1.807, 2.05) is 18.2 Å². The number of rotatable bonds is 5. The number of amides is 2. The molecular weight excluding hydrogens is 372 g/mol. The Morgan fingerprint density at radius 2 is 1.52 bits per heavy atom. The van der Waals surface area contributed by atoms with E-state index in [2.05, 4.69) is 4.98 Å². The third-order valence-electron chi connectivity index (χ3n) is 5.07. The molecule has 3 aromatic rings. The Morgan fingerprint density at radius 1 is 0.931 bits per heavy atom. The Balaban J connectivity index is 1.50. The van der Waals surface area contributed by atoms with Crippen LogP contribution in [0.4, 0.5) is 0 Å². The molecule has 1 N–H and O–H groups in total. The number of Topliss-reactive ketones (excluding diaryl/α,β-unsaturated/α-hetero) is 1. The van der Waals surface area contributed by atoms with Gasteiger partial charge in [0.15, 0.2) is 6.10 Å². The summed E-state index contributed by atoms with van der Waals surface area (Å²) in [6.07, 6.45) is 0.504. The van der Waals surface area contributed by atoms with Crippen LogP contribution >= 0.6 is 0 Å². The highest BCUT2D eigenvalue weighted by molar-refractivity contribution is 6.22. The zero-order valence-electron chi connectivity index (χ0n) is 15.8. The van der Waals surface area contributed by atoms with E-state index in [1.165, 1.54) is 26.0 Å². The molecule has 2 amide bonds. The number of imide groups is 1. The van der Waals surface area contributed by atoms with Crippen molar-refractivity contribution in [1.82, 2.24) is 9.88 Å². The molecule has 0 saturated heterocycles. The van der Waals surface area contributed by atoms with Crippen molar-refractivity contribution in [3.63, 3.8) is 0 Å². The van der Waals surface area contributed by atoms with Crippen LogP contribution in [0, 0.1) is 0 Å². The maximum absolute atomic E-state index is 12.8. The first-order chi connectivity index (χ1) is 13.9. The predicted molar refractivity (Wildman–Crippen MR) is 105 cm³/mol. The first-order valence-corrected chi connectivity index (χ1v) is 9.18. The van der Waals surface area contributed by atoms with Crippen LogP contribution in [0.5, 0.6) is 0 Å². The van der Waals surface area contributed by atoms with Crippen LogP contribution in [0.2, 0.25) is 0 Å². The Kier molecular flexibility index (Phi) is 4.50. The van der Waals surface area contributed by atoms with Crippen LogP contribution < -0.4 is 0 Å². The van der Waals surface area contributed by atoms with Crippen LogP contribution in [-0.4, -0.2) is 45.6 Å². The topological polar surface area (TPSA) is 96.5 Å². The van der Waals surface area contributed by atoms with E-state index in [4.69, 9.17) is 4.74 Å². The molecule has 2 heterocycles. The van der Waals surface area contributed by atoms with E-state index >= 15 is 0 Å². The van der Waals surface area contributed by atoms with Crippen LogP contribution in [-0.2, 0) is 9.53 Å². The fraction of sp³-hybridized carbons (Fsp3) is 0.182. The second kappa shape index (κ2) is 7.01. The van der Waals surface area contributed by atoms with Crippen molar-refractivity contribution in [1.29, 1.82) is 0 Å². The lowest BCUT2D eigenvalue weighted by atomic mass is 10.1. The maximum atomic E-state index is 12.8. The standard InChI is InChI=1S/C22H18N2O5/c1-12(24-20(26)15-8-3-4-9-16(15)21(24)27)22(28)29-13(2)19(25)17-11-23-18-10-6-5-7-14(17)18/h3-13,23H,1-2H3/t12-,13-/m1/s1. The average molecular weight is 390 g/mol. The summed E-state index contributed by atoms with van der Waals surface area (Å²) in [6, 6.07) is 12.5. The van der Waals surface area contributed by atoms with Gasteiger partial charge in [-0.15, -0.1) is 0 Å². The third kappa shape index (κ3) is 3.00. The number of aromatic amines is 1. The summed E-state index contributed by atoms with van der Waals surface area (Å²) < 4.78 is 5.31. The summed E-state index contributed by atoms with van der Waals surface area (Å²) in [5, 5.41) is 0.730. The van der Waals surface area contributed by atoms with E-state index in [1.54, 1.807) is 24.4 Å². The number of carbonyl (C=O) groups is 4. The van der Waals surface area contributed by atoms with Crippen molar-refractivity contribution in [3.05, 3.63) is 71.4 Å². The minimum Gasteiger partial charge on any atom is -0.453 e. The molecule has 4 rings (SSSR count). The summed E-state index contributed by atoms with van der Waals surface area (Å²) in [6.45, 7) is 2.88. The lowest BCUT2D eigenvalue weighted by molar-refractivity contribution is -0.150. The molecule has 146 valence electrons. The van der Waals surface area contributed by atoms with Gasteiger partial charge in [0.1, 0.15) is 6.04 Å². The number of carbonyl (C=O) groups excluding carboxylic acids is 4. The Bertz CT molecular complexity index is 1130. The Hall–Kier alpha value is -3.74. The van der Waals surface area contributed by atoms with Gasteiger partial charge < -0.3 is 9.72 Å². The van der Waals surface area contributed by atoms with Crippen LogP contribution in [0.25, 0.3) is 10.9 Å². The number of nitrogens with one attached hydrogen (secondary N) is 1. The number of para-hydroxylation sites is 1. The van der Waals surface area contributed by atoms with E-state index in [-0.39, 0.29) is 16.9 Å². The summed E-state index contributed by atoms with van der Waals surface area (Å²) in [5.41, 5.74) is 1.71. The number of nitrogens with zero attached hydrogens (tertiary/aromatic N) is 1. The van der Waals surface area contributed by atoms with Gasteiger partial charge in [-0.1, -0.05) is 30.3 Å². The number of aromatic nitrogens is 1. The van der Waals surface area contributed by atoms with Gasteiger partial charge in [0.25, 0.3) is 11.8 Å². The smallest absolute Gasteiger partial charge is 0.329 e. The minimum atomic E-state index is -1.15. The van der Waals surface area contributed by atoms with Gasteiger partial charge in [-0.3, -0.25) is 19.3 Å². The molecule has 7 nitrogen and oxygen atoms in total. The number of H-pyrrole nitrogens is 1. The minimum absolute atomic E-state index is 0.250. The molecule has 0 spiro atoms. The van der Waals surface area contributed by atoms with Crippen molar-refractivity contribution < 1.29 is 23.9 Å². The largest absolute Gasteiger partial charge is 0.453 e. The molecule has 7 heteroatoms. The first kappa shape index (κ1) is 18.6. The summed E-state index contributed by atoms with van der Waals surface area (Å²) in [7, 11) is 0. The molecule has 0 unspecified atom stereocenters. The molecule has 2 aromatic carbocycles. The van der Waals surface area contributed by atoms with Crippen LogP contribution in [0.15, 0.2) is 54.7 Å². The van der Waals surface area contributed by atoms with E-state index in [0.29, 0.717) is 5.56 Å². The van der Waals surface area contributed by atoms with Crippen molar-refractivity contribution >= 4 is 34.5 Å². The van der Waals surface area contributed by atoms with Gasteiger partial charge in [0.05, 0.1) is 11.1 Å². The number of hydrogen-bond acceptors (Lipinski definition) is 5. The molecule has 0 aliphatic carbocycles. The molecule has 29 heavy (non-hydrogen) atoms. The zero-order valence-corrected chi connectivity index (χ0v) is 15.8. The highest BCUT2D eigenvalue weighted by Crippen LogP contribution is 2.25. The predicted octanol–water partition coefficient (Wildman–Crippen LogP) is 2.97. The number of hydrogen-bond donors (Lipinski definition) is 1. The van der Waals surface area contributed by atoms with Crippen molar-refractivity contribution in [2.24, 2.45) is 0 Å². The number of benzene rings is 2. The number of ether oxygens (including phenoxy) is 1. The van der Waals surface area contributed by atoms with Crippen molar-refractivity contribution in [3.8, 4) is 0 Å². The number of esters is 1. The van der Waals surface area contributed by atoms with Crippen LogP contribution in [0.1, 0.15) is 44.9 Å². The number of ketones is 1. The van der Waals surface area contributed by atoms with E-state index in [0.717, 1.165) is 15.8 Å². The molecule has 1 aromatic heterocycles. The van der Waals surface area contributed by atoms with Gasteiger partial charge in [-0.25, -0.2) is 4.79 Å². The molecule has 0 saturated carbocycles. The summed E-state index contributed by atoms with van der Waals surface area (Å²) in [5.74, 6) is -2.29. The normalized spacial score (nSPS) is 15.3. The molecule has 0 bridgehead atoms. The molecular formula is C22H18N2O5.